The number of hydrogen-bond donors (Lipinski definition) is 0. The van der Waals surface area contributed by atoms with Gasteiger partial charge in [-0.2, -0.15) is 30.7 Å². The minimum atomic E-state index is -6.05. The fourth-order valence-electron chi connectivity index (χ4n) is 1.20. The lowest BCUT2D eigenvalue weighted by Crippen LogP contribution is -2.35. The fourth-order valence-corrected chi connectivity index (χ4v) is 2.57. The highest BCUT2D eigenvalue weighted by atomic mass is 28.4. The van der Waals surface area contributed by atoms with E-state index in [1.54, 1.807) is 0 Å². The summed E-state index contributed by atoms with van der Waals surface area (Å²) in [4.78, 5) is 11.1. The molecule has 0 aromatic carbocycles. The maximum Gasteiger partial charge on any atom is 0.424 e. The molecule has 10 heteroatoms. The summed E-state index contributed by atoms with van der Waals surface area (Å²) in [5, 5.41) is 0. The van der Waals surface area contributed by atoms with Crippen LogP contribution in [0.2, 0.25) is 19.1 Å². The van der Waals surface area contributed by atoms with Gasteiger partial charge in [0, 0.05) is 0 Å². The Bertz CT molecular complexity index is 404. The van der Waals surface area contributed by atoms with E-state index in [1.807, 2.05) is 0 Å². The van der Waals surface area contributed by atoms with Crippen molar-refractivity contribution in [1.82, 2.24) is 0 Å². The predicted octanol–water partition coefficient (Wildman–Crippen LogP) is 4.27. The number of allylic oxidation sites excluding steroid dienone is 2. The number of hydrogen-bond acceptors (Lipinski definition) is 2. The van der Waals surface area contributed by atoms with Crippen molar-refractivity contribution in [2.75, 3.05) is 0 Å². The molecule has 0 unspecified atom stereocenters. The van der Waals surface area contributed by atoms with Crippen LogP contribution in [0.5, 0.6) is 0 Å². The second-order valence-corrected chi connectivity index (χ2v) is 8.46. The summed E-state index contributed by atoms with van der Waals surface area (Å²) >= 11 is 0. The molecule has 116 valence electrons. The molecule has 2 nitrogen and oxygen atoms in total. The SMILES string of the molecule is C=CC[Si](C)(C)OC(=O)C(F)=C(C(F)(F)F)C(F)(F)F. The molecule has 0 radical (unpaired) electrons. The quantitative estimate of drug-likeness (QED) is 0.334. The van der Waals surface area contributed by atoms with Crippen molar-refractivity contribution in [3.05, 3.63) is 24.1 Å². The average Bonchev–Trinajstić information content (AvgIpc) is 2.11. The Morgan fingerprint density at radius 1 is 1.15 bits per heavy atom. The van der Waals surface area contributed by atoms with E-state index in [9.17, 15) is 35.5 Å². The van der Waals surface area contributed by atoms with Crippen LogP contribution in [0.4, 0.5) is 30.7 Å². The standard InChI is InChI=1S/C10H11F7O2Si/c1-4-5-20(2,3)19-8(18)6(11)7(9(12,13)14)10(15,16)17/h4H,1,5H2,2-3H3. The van der Waals surface area contributed by atoms with Gasteiger partial charge in [0.15, 0.2) is 5.57 Å². The number of halogens is 7. The van der Waals surface area contributed by atoms with Crippen LogP contribution >= 0.6 is 0 Å². The zero-order valence-electron chi connectivity index (χ0n) is 10.5. The topological polar surface area (TPSA) is 26.3 Å². The Morgan fingerprint density at radius 2 is 1.55 bits per heavy atom. The average molecular weight is 324 g/mol. The van der Waals surface area contributed by atoms with Crippen LogP contribution in [0.15, 0.2) is 24.1 Å². The maximum absolute atomic E-state index is 13.2. The first-order valence-corrected chi connectivity index (χ1v) is 8.22. The summed E-state index contributed by atoms with van der Waals surface area (Å²) in [6, 6.07) is 0.0549. The molecule has 0 fully saturated rings. The largest absolute Gasteiger partial charge is 0.514 e. The number of carbonyl (C=O) groups excluding carboxylic acids is 1. The van der Waals surface area contributed by atoms with Gasteiger partial charge in [-0.25, -0.2) is 4.79 Å². The monoisotopic (exact) mass is 324 g/mol. The molecule has 0 atom stereocenters. The molecule has 0 spiro atoms. The summed E-state index contributed by atoms with van der Waals surface area (Å²) in [6.45, 7) is 5.93. The molecular formula is C10H11F7O2Si. The molecule has 0 amide bonds. The van der Waals surface area contributed by atoms with Gasteiger partial charge in [0.1, 0.15) is 0 Å². The highest BCUT2D eigenvalue weighted by Gasteiger charge is 2.55. The molecule has 0 saturated carbocycles. The molecule has 0 aliphatic rings. The smallest absolute Gasteiger partial charge is 0.424 e. The molecule has 0 aromatic heterocycles. The van der Waals surface area contributed by atoms with Gasteiger partial charge in [-0.05, 0) is 19.1 Å². The third-order valence-corrected chi connectivity index (χ3v) is 3.98. The maximum atomic E-state index is 13.2. The van der Waals surface area contributed by atoms with Gasteiger partial charge in [-0.15, -0.1) is 6.58 Å². The van der Waals surface area contributed by atoms with Crippen LogP contribution in [-0.4, -0.2) is 26.6 Å². The molecule has 0 bridgehead atoms. The highest BCUT2D eigenvalue weighted by molar-refractivity contribution is 6.73. The summed E-state index contributed by atoms with van der Waals surface area (Å²) in [5.41, 5.74) is -3.50. The van der Waals surface area contributed by atoms with E-state index in [4.69, 9.17) is 0 Å². The second kappa shape index (κ2) is 5.98. The van der Waals surface area contributed by atoms with E-state index >= 15 is 0 Å². The Balaban J connectivity index is 5.55. The predicted molar refractivity (Wildman–Crippen MR) is 58.8 cm³/mol. The molecule has 0 aromatic rings. The Kier molecular flexibility index (Phi) is 5.58. The lowest BCUT2D eigenvalue weighted by atomic mass is 10.2. The zero-order chi connectivity index (χ0) is 16.4. The van der Waals surface area contributed by atoms with Gasteiger partial charge in [-0.3, -0.25) is 0 Å². The lowest BCUT2D eigenvalue weighted by molar-refractivity contribution is -0.176. The number of alkyl halides is 6. The Hall–Kier alpha value is -1.32. The van der Waals surface area contributed by atoms with Crippen molar-refractivity contribution < 1.29 is 40.0 Å². The molecular weight excluding hydrogens is 313 g/mol. The van der Waals surface area contributed by atoms with Crippen molar-refractivity contribution >= 4 is 14.3 Å². The Morgan fingerprint density at radius 3 is 1.85 bits per heavy atom. The minimum Gasteiger partial charge on any atom is -0.514 e. The normalized spacial score (nSPS) is 12.8. The van der Waals surface area contributed by atoms with Crippen molar-refractivity contribution in [3.8, 4) is 0 Å². The molecule has 20 heavy (non-hydrogen) atoms. The highest BCUT2D eigenvalue weighted by Crippen LogP contribution is 2.41. The van der Waals surface area contributed by atoms with E-state index in [2.05, 4.69) is 11.0 Å². The first kappa shape index (κ1) is 18.7. The van der Waals surface area contributed by atoms with Crippen molar-refractivity contribution in [3.63, 3.8) is 0 Å². The van der Waals surface area contributed by atoms with E-state index in [1.165, 1.54) is 19.2 Å². The van der Waals surface area contributed by atoms with E-state index in [0.717, 1.165) is 0 Å². The zero-order valence-corrected chi connectivity index (χ0v) is 11.5. The number of rotatable bonds is 4. The van der Waals surface area contributed by atoms with Crippen molar-refractivity contribution in [1.29, 1.82) is 0 Å². The van der Waals surface area contributed by atoms with Gasteiger partial charge >= 0.3 is 18.3 Å². The third-order valence-electron chi connectivity index (χ3n) is 1.97. The summed E-state index contributed by atoms with van der Waals surface area (Å²) in [7, 11) is -2.97. The lowest BCUT2D eigenvalue weighted by Gasteiger charge is -2.22. The van der Waals surface area contributed by atoms with Crippen LogP contribution in [0, 0.1) is 0 Å². The first-order chi connectivity index (χ1) is 8.72. The van der Waals surface area contributed by atoms with Gasteiger partial charge in [0.2, 0.25) is 5.83 Å². The molecule has 0 heterocycles. The van der Waals surface area contributed by atoms with E-state index in [-0.39, 0.29) is 6.04 Å². The summed E-state index contributed by atoms with van der Waals surface area (Å²) in [5.74, 6) is -5.26. The van der Waals surface area contributed by atoms with Crippen LogP contribution < -0.4 is 0 Å². The van der Waals surface area contributed by atoms with Gasteiger partial charge in [0.05, 0.1) is 0 Å². The van der Waals surface area contributed by atoms with E-state index < -0.39 is 38.0 Å². The van der Waals surface area contributed by atoms with E-state index in [0.29, 0.717) is 0 Å². The first-order valence-electron chi connectivity index (χ1n) is 5.11. The van der Waals surface area contributed by atoms with Gasteiger partial charge in [0.25, 0.3) is 8.32 Å². The molecule has 0 aliphatic heterocycles. The number of carbonyl (C=O) groups is 1. The van der Waals surface area contributed by atoms with Crippen molar-refractivity contribution in [2.45, 2.75) is 31.5 Å². The van der Waals surface area contributed by atoms with Gasteiger partial charge < -0.3 is 4.43 Å². The summed E-state index contributed by atoms with van der Waals surface area (Å²) < 4.78 is 90.7. The Labute approximate surface area is 111 Å². The second-order valence-electron chi connectivity index (χ2n) is 4.33. The van der Waals surface area contributed by atoms with Gasteiger partial charge in [-0.1, -0.05) is 6.08 Å². The molecule has 0 N–H and O–H groups in total. The molecule has 0 rings (SSSR count). The van der Waals surface area contributed by atoms with Crippen molar-refractivity contribution in [2.24, 2.45) is 0 Å². The van der Waals surface area contributed by atoms with Crippen LogP contribution in [0.25, 0.3) is 0 Å². The van der Waals surface area contributed by atoms with Crippen LogP contribution in [0.1, 0.15) is 0 Å². The van der Waals surface area contributed by atoms with Crippen LogP contribution in [-0.2, 0) is 9.22 Å². The molecule has 0 aliphatic carbocycles. The third kappa shape index (κ3) is 5.35. The summed E-state index contributed by atoms with van der Waals surface area (Å²) in [6.07, 6.45) is -10.8. The minimum absolute atomic E-state index is 0.0549. The fraction of sp³-hybridized carbons (Fsp3) is 0.500. The molecule has 0 saturated heterocycles. The van der Waals surface area contributed by atoms with Crippen LogP contribution in [0.3, 0.4) is 0 Å².